The molecular weight excluding hydrogens is 600 g/mol. The van der Waals surface area contributed by atoms with Gasteiger partial charge in [0.05, 0.1) is 23.4 Å². The first kappa shape index (κ1) is 30.9. The molecule has 2 aromatic heterocycles. The van der Waals surface area contributed by atoms with E-state index in [1.807, 2.05) is 18.2 Å². The van der Waals surface area contributed by atoms with Gasteiger partial charge in [-0.2, -0.15) is 0 Å². The van der Waals surface area contributed by atoms with Crippen molar-refractivity contribution in [1.29, 1.82) is 0 Å². The number of pyridine rings is 1. The molecule has 5 aromatic rings. The molecule has 5 rings (SSSR count). The number of aromatic nitrogens is 3. The van der Waals surface area contributed by atoms with Gasteiger partial charge < -0.3 is 10.6 Å². The predicted molar refractivity (Wildman–Crippen MR) is 172 cm³/mol. The minimum Gasteiger partial charge on any atom is -0.345 e. The minimum absolute atomic E-state index is 0.231. The third-order valence-corrected chi connectivity index (χ3v) is 8.40. The molecule has 0 aliphatic rings. The van der Waals surface area contributed by atoms with Gasteiger partial charge in [-0.05, 0) is 73.5 Å². The van der Waals surface area contributed by atoms with E-state index in [0.29, 0.717) is 39.4 Å². The Bertz CT molecular complexity index is 1940. The van der Waals surface area contributed by atoms with Crippen LogP contribution in [0.3, 0.4) is 0 Å². The number of hydrogen-bond acceptors (Lipinski definition) is 8. The lowest BCUT2D eigenvalue weighted by Gasteiger charge is -2.17. The van der Waals surface area contributed by atoms with Crippen molar-refractivity contribution in [3.63, 3.8) is 0 Å². The highest BCUT2D eigenvalue weighted by atomic mass is 32.2. The molecule has 0 saturated carbocycles. The Morgan fingerprint density at radius 3 is 2.39 bits per heavy atom. The van der Waals surface area contributed by atoms with Gasteiger partial charge in [0, 0.05) is 32.3 Å². The largest absolute Gasteiger partial charge is 0.345 e. The van der Waals surface area contributed by atoms with Gasteiger partial charge in [0.25, 0.3) is 5.91 Å². The van der Waals surface area contributed by atoms with Gasteiger partial charge in [0.1, 0.15) is 18.0 Å². The van der Waals surface area contributed by atoms with Crippen LogP contribution in [0.5, 0.6) is 0 Å². The van der Waals surface area contributed by atoms with Crippen molar-refractivity contribution in [3.8, 4) is 0 Å². The van der Waals surface area contributed by atoms with E-state index in [1.165, 1.54) is 24.2 Å². The van der Waals surface area contributed by atoms with Crippen molar-refractivity contribution in [2.24, 2.45) is 0 Å². The topological polar surface area (TPSA) is 126 Å². The summed E-state index contributed by atoms with van der Waals surface area (Å²) >= 11 is 1.43. The molecule has 1 atom stereocenters. The highest BCUT2D eigenvalue weighted by molar-refractivity contribution is 7.99. The predicted octanol–water partition coefficient (Wildman–Crippen LogP) is 7.04. The van der Waals surface area contributed by atoms with E-state index in [4.69, 9.17) is 0 Å². The van der Waals surface area contributed by atoms with E-state index in [2.05, 4.69) is 44.2 Å². The molecule has 0 fully saturated rings. The summed E-state index contributed by atoms with van der Waals surface area (Å²) in [5, 5.41) is 6.97. The Kier molecular flexibility index (Phi) is 9.12. The van der Waals surface area contributed by atoms with Gasteiger partial charge in [-0.15, -0.1) is 0 Å². The number of rotatable bonds is 10. The fraction of sp³-hybridized carbons (Fsp3) is 0.188. The molecule has 3 N–H and O–H groups in total. The van der Waals surface area contributed by atoms with E-state index in [1.54, 1.807) is 61.5 Å². The van der Waals surface area contributed by atoms with Gasteiger partial charge >= 0.3 is 0 Å². The normalized spacial score (nSPS) is 12.2. The van der Waals surface area contributed by atoms with Gasteiger partial charge in [-0.3, -0.25) is 9.52 Å². The van der Waals surface area contributed by atoms with E-state index in [-0.39, 0.29) is 11.8 Å². The Morgan fingerprint density at radius 2 is 1.68 bits per heavy atom. The highest BCUT2D eigenvalue weighted by Crippen LogP contribution is 2.37. The fourth-order valence-corrected chi connectivity index (χ4v) is 5.93. The second kappa shape index (κ2) is 13.0. The Hall–Kier alpha value is -4.55. The maximum Gasteiger partial charge on any atom is 0.251 e. The van der Waals surface area contributed by atoms with Crippen molar-refractivity contribution in [1.82, 2.24) is 20.3 Å². The number of halogens is 1. The monoisotopic (exact) mass is 630 g/mol. The summed E-state index contributed by atoms with van der Waals surface area (Å²) < 4.78 is 40.0. The van der Waals surface area contributed by atoms with Crippen LogP contribution in [0.2, 0.25) is 0 Å². The van der Waals surface area contributed by atoms with E-state index in [9.17, 15) is 17.6 Å². The number of fused-ring (bicyclic) bond motifs is 1. The molecule has 0 radical (unpaired) electrons. The zero-order valence-corrected chi connectivity index (χ0v) is 26.1. The molecule has 3 aromatic carbocycles. The number of hydrogen-bond donors (Lipinski definition) is 3. The maximum absolute atomic E-state index is 14.3. The first-order chi connectivity index (χ1) is 21.0. The second-order valence-corrected chi connectivity index (χ2v) is 13.4. The molecule has 9 nitrogen and oxygen atoms in total. The number of benzene rings is 3. The fourth-order valence-electron chi connectivity index (χ4n) is 4.48. The number of sulfonamides is 1. The number of carbonyl (C=O) groups is 1. The van der Waals surface area contributed by atoms with Crippen molar-refractivity contribution in [2.75, 3.05) is 16.3 Å². The first-order valence-electron chi connectivity index (χ1n) is 13.8. The van der Waals surface area contributed by atoms with Gasteiger partial charge in [-0.1, -0.05) is 43.8 Å². The zero-order valence-electron chi connectivity index (χ0n) is 24.5. The average Bonchev–Trinajstić information content (AvgIpc) is 2.98. The molecule has 0 bridgehead atoms. The lowest BCUT2D eigenvalue weighted by atomic mass is 10.1. The minimum atomic E-state index is -3.40. The second-order valence-electron chi connectivity index (χ2n) is 10.5. The van der Waals surface area contributed by atoms with Crippen LogP contribution in [0.4, 0.5) is 21.6 Å². The standard InChI is InChI=1S/C32H31FN6O3S2/c1-19(2)27-15-14-25-30(37-27)34-18-35-31(25)38-28-17-21(32(40)36-20(3)24-7-5-6-8-26(24)33)9-16-29(28)43-23-12-10-22(11-13-23)39-44(4,41)42/h5-20,39H,1-4H3,(H,36,40)(H,34,35,37,38). The molecule has 12 heteroatoms. The molecular formula is C32H31FN6O3S2. The molecule has 0 aliphatic carbocycles. The van der Waals surface area contributed by atoms with Crippen LogP contribution in [0.1, 0.15) is 54.3 Å². The van der Waals surface area contributed by atoms with E-state index >= 15 is 0 Å². The molecule has 0 spiro atoms. The number of amides is 1. The zero-order chi connectivity index (χ0) is 31.4. The summed E-state index contributed by atoms with van der Waals surface area (Å²) in [7, 11) is -3.40. The van der Waals surface area contributed by atoms with Crippen molar-refractivity contribution >= 4 is 55.9 Å². The van der Waals surface area contributed by atoms with Crippen molar-refractivity contribution in [3.05, 3.63) is 108 Å². The molecule has 226 valence electrons. The number of nitrogens with one attached hydrogen (secondary N) is 3. The summed E-state index contributed by atoms with van der Waals surface area (Å²) in [5.74, 6) is -0.0104. The van der Waals surface area contributed by atoms with Crippen LogP contribution >= 0.6 is 11.8 Å². The third kappa shape index (κ3) is 7.50. The summed E-state index contributed by atoms with van der Waals surface area (Å²) in [6.45, 7) is 5.85. The van der Waals surface area contributed by atoms with E-state index < -0.39 is 21.9 Å². The molecule has 44 heavy (non-hydrogen) atoms. The van der Waals surface area contributed by atoms with Crippen molar-refractivity contribution < 1.29 is 17.6 Å². The van der Waals surface area contributed by atoms with Crippen LogP contribution in [0.15, 0.2) is 95.0 Å². The first-order valence-corrected chi connectivity index (χ1v) is 16.5. The quantitative estimate of drug-likeness (QED) is 0.150. The van der Waals surface area contributed by atoms with Crippen LogP contribution in [-0.4, -0.2) is 35.5 Å². The smallest absolute Gasteiger partial charge is 0.251 e. The number of carbonyl (C=O) groups excluding carboxylic acids is 1. The van der Waals surface area contributed by atoms with Crippen LogP contribution in [0, 0.1) is 5.82 Å². The number of nitrogens with zero attached hydrogens (tertiary/aromatic N) is 3. The Morgan fingerprint density at radius 1 is 0.932 bits per heavy atom. The summed E-state index contributed by atoms with van der Waals surface area (Å²) in [4.78, 5) is 28.4. The van der Waals surface area contributed by atoms with Gasteiger partial charge in [-0.25, -0.2) is 27.8 Å². The molecule has 0 saturated heterocycles. The molecule has 2 heterocycles. The lowest BCUT2D eigenvalue weighted by molar-refractivity contribution is 0.0939. The lowest BCUT2D eigenvalue weighted by Crippen LogP contribution is -2.27. The SMILES string of the molecule is CC(C)c1ccc2c(Nc3cc(C(=O)NC(C)c4ccccc4F)ccc3Sc3ccc(NS(C)(=O)=O)cc3)ncnc2n1. The summed E-state index contributed by atoms with van der Waals surface area (Å²) in [6.07, 6.45) is 2.53. The van der Waals surface area contributed by atoms with Crippen LogP contribution in [-0.2, 0) is 10.0 Å². The highest BCUT2D eigenvalue weighted by Gasteiger charge is 2.18. The Labute approximate surface area is 259 Å². The molecule has 1 amide bonds. The van der Waals surface area contributed by atoms with Crippen LogP contribution < -0.4 is 15.4 Å². The Balaban J connectivity index is 1.48. The molecule has 0 aliphatic heterocycles. The average molecular weight is 631 g/mol. The van der Waals surface area contributed by atoms with Gasteiger partial charge in [0.2, 0.25) is 10.0 Å². The molecule has 1 unspecified atom stereocenters. The summed E-state index contributed by atoms with van der Waals surface area (Å²) in [6, 6.07) is 21.8. The maximum atomic E-state index is 14.3. The van der Waals surface area contributed by atoms with Gasteiger partial charge in [0.15, 0.2) is 5.65 Å². The summed E-state index contributed by atoms with van der Waals surface area (Å²) in [5.41, 5.74) is 3.27. The van der Waals surface area contributed by atoms with Crippen LogP contribution in [0.25, 0.3) is 11.0 Å². The van der Waals surface area contributed by atoms with Crippen molar-refractivity contribution in [2.45, 2.75) is 42.5 Å². The number of anilines is 3. The third-order valence-electron chi connectivity index (χ3n) is 6.71. The van der Waals surface area contributed by atoms with E-state index in [0.717, 1.165) is 21.7 Å².